The number of nitrogens with one attached hydrogen (secondary N) is 1. The van der Waals surface area contributed by atoms with Crippen LogP contribution < -0.4 is 5.32 Å². The molecule has 2 aliphatic heterocycles. The lowest BCUT2D eigenvalue weighted by molar-refractivity contribution is 0.115. The quantitative estimate of drug-likeness (QED) is 0.851. The zero-order chi connectivity index (χ0) is 14.5. The third kappa shape index (κ3) is 7.91. The molecule has 0 aromatic carbocycles. The minimum atomic E-state index is 0.958. The fourth-order valence-electron chi connectivity index (χ4n) is 2.72. The molecule has 0 aliphatic carbocycles. The van der Waals surface area contributed by atoms with Gasteiger partial charge in [-0.25, -0.2) is 0 Å². The van der Waals surface area contributed by atoms with Gasteiger partial charge in [0.05, 0.1) is 0 Å². The number of hydrogen-bond donors (Lipinski definition) is 1. The van der Waals surface area contributed by atoms with Gasteiger partial charge >= 0.3 is 0 Å². The van der Waals surface area contributed by atoms with E-state index < -0.39 is 0 Å². The van der Waals surface area contributed by atoms with Crippen molar-refractivity contribution in [2.75, 3.05) is 52.4 Å². The van der Waals surface area contributed by atoms with Crippen LogP contribution in [-0.2, 0) is 0 Å². The van der Waals surface area contributed by atoms with Crippen molar-refractivity contribution in [2.45, 2.75) is 47.5 Å². The first-order valence-electron chi connectivity index (χ1n) is 8.54. The average molecular weight is 271 g/mol. The minimum absolute atomic E-state index is 0.958. The van der Waals surface area contributed by atoms with Crippen LogP contribution >= 0.6 is 0 Å². The molecule has 0 atom stereocenters. The van der Waals surface area contributed by atoms with E-state index in [1.807, 2.05) is 27.7 Å². The Kier molecular flexibility index (Phi) is 12.8. The summed E-state index contributed by atoms with van der Waals surface area (Å²) in [6.07, 6.45) is 2.77. The van der Waals surface area contributed by atoms with Crippen LogP contribution in [0.4, 0.5) is 0 Å². The third-order valence-electron chi connectivity index (χ3n) is 3.89. The smallest absolute Gasteiger partial charge is 0.0110 e. The monoisotopic (exact) mass is 271 g/mol. The highest BCUT2D eigenvalue weighted by Gasteiger charge is 2.20. The molecule has 3 nitrogen and oxygen atoms in total. The van der Waals surface area contributed by atoms with E-state index in [-0.39, 0.29) is 0 Å². The first-order chi connectivity index (χ1) is 9.38. The second-order valence-corrected chi connectivity index (χ2v) is 4.93. The molecule has 1 N–H and O–H groups in total. The molecule has 0 aromatic rings. The number of piperazine rings is 1. The molecule has 0 unspecified atom stereocenters. The van der Waals surface area contributed by atoms with Crippen LogP contribution in [-0.4, -0.2) is 62.2 Å². The Morgan fingerprint density at radius 2 is 1.32 bits per heavy atom. The van der Waals surface area contributed by atoms with Crippen molar-refractivity contribution >= 4 is 0 Å². The fraction of sp³-hybridized carbons (Fsp3) is 1.00. The van der Waals surface area contributed by atoms with Gasteiger partial charge < -0.3 is 15.1 Å². The molecule has 116 valence electrons. The van der Waals surface area contributed by atoms with Gasteiger partial charge in [0.25, 0.3) is 0 Å². The zero-order valence-corrected chi connectivity index (χ0v) is 14.0. The maximum absolute atomic E-state index is 3.44. The molecule has 0 spiro atoms. The summed E-state index contributed by atoms with van der Waals surface area (Å²) in [4.78, 5) is 5.22. The molecule has 3 heteroatoms. The van der Waals surface area contributed by atoms with Crippen LogP contribution in [0.25, 0.3) is 0 Å². The predicted molar refractivity (Wildman–Crippen MR) is 86.8 cm³/mol. The Balaban J connectivity index is 0.000000741. The van der Waals surface area contributed by atoms with Crippen molar-refractivity contribution in [3.8, 4) is 0 Å². The lowest BCUT2D eigenvalue weighted by Crippen LogP contribution is -2.48. The Bertz CT molecular complexity index is 171. The van der Waals surface area contributed by atoms with E-state index >= 15 is 0 Å². The molecule has 0 bridgehead atoms. The first kappa shape index (κ1) is 18.9. The highest BCUT2D eigenvalue weighted by Crippen LogP contribution is 2.14. The number of rotatable bonds is 3. The molecule has 2 heterocycles. The van der Waals surface area contributed by atoms with Crippen molar-refractivity contribution in [2.24, 2.45) is 5.92 Å². The summed E-state index contributed by atoms with van der Waals surface area (Å²) in [5.74, 6) is 0.958. The Morgan fingerprint density at radius 1 is 0.842 bits per heavy atom. The summed E-state index contributed by atoms with van der Waals surface area (Å²) < 4.78 is 0. The molecule has 0 radical (unpaired) electrons. The Labute approximate surface area is 121 Å². The minimum Gasteiger partial charge on any atom is -0.317 e. The molecule has 2 saturated heterocycles. The van der Waals surface area contributed by atoms with Crippen LogP contribution in [0.15, 0.2) is 0 Å². The standard InChI is InChI=1S/C12H25N3.2C2H6/c1-2-14-7-9-15(10-8-14)11-12-3-5-13-6-4-12;2*1-2/h12-13H,2-11H2,1H3;2*1-2H3. The van der Waals surface area contributed by atoms with E-state index in [9.17, 15) is 0 Å². The number of nitrogens with zero attached hydrogens (tertiary/aromatic N) is 2. The van der Waals surface area contributed by atoms with Gasteiger partial charge in [-0.05, 0) is 38.4 Å². The lowest BCUT2D eigenvalue weighted by atomic mass is 9.97. The highest BCUT2D eigenvalue weighted by molar-refractivity contribution is 4.76. The summed E-state index contributed by atoms with van der Waals surface area (Å²) in [6, 6.07) is 0. The van der Waals surface area contributed by atoms with Gasteiger partial charge in [-0.2, -0.15) is 0 Å². The van der Waals surface area contributed by atoms with E-state index in [2.05, 4.69) is 22.0 Å². The van der Waals surface area contributed by atoms with E-state index in [1.165, 1.54) is 65.2 Å². The summed E-state index contributed by atoms with van der Waals surface area (Å²) in [5, 5.41) is 3.44. The number of likely N-dealkylation sites (N-methyl/N-ethyl adjacent to an activating group) is 1. The second kappa shape index (κ2) is 12.9. The zero-order valence-electron chi connectivity index (χ0n) is 14.0. The SMILES string of the molecule is CC.CC.CCN1CCN(CC2CCNCC2)CC1. The first-order valence-corrected chi connectivity index (χ1v) is 8.54. The molecule has 0 saturated carbocycles. The molecule has 0 aromatic heterocycles. The largest absolute Gasteiger partial charge is 0.317 e. The van der Waals surface area contributed by atoms with Crippen molar-refractivity contribution in [3.05, 3.63) is 0 Å². The maximum Gasteiger partial charge on any atom is 0.0110 e. The highest BCUT2D eigenvalue weighted by atomic mass is 15.3. The predicted octanol–water partition coefficient (Wildman–Crippen LogP) is 2.68. The van der Waals surface area contributed by atoms with Gasteiger partial charge in [0.1, 0.15) is 0 Å². The van der Waals surface area contributed by atoms with Gasteiger partial charge in [0.15, 0.2) is 0 Å². The lowest BCUT2D eigenvalue weighted by Gasteiger charge is -2.36. The topological polar surface area (TPSA) is 18.5 Å². The molecule has 2 rings (SSSR count). The van der Waals surface area contributed by atoms with Crippen LogP contribution in [0, 0.1) is 5.92 Å². The molecule has 2 aliphatic rings. The summed E-state index contributed by atoms with van der Waals surface area (Å²) in [5.41, 5.74) is 0. The van der Waals surface area contributed by atoms with Gasteiger partial charge in [-0.1, -0.05) is 34.6 Å². The van der Waals surface area contributed by atoms with Crippen LogP contribution in [0.2, 0.25) is 0 Å². The van der Waals surface area contributed by atoms with Crippen molar-refractivity contribution in [1.29, 1.82) is 0 Å². The molecule has 2 fully saturated rings. The van der Waals surface area contributed by atoms with Gasteiger partial charge in [0, 0.05) is 32.7 Å². The molecular weight excluding hydrogens is 234 g/mol. The van der Waals surface area contributed by atoms with Crippen LogP contribution in [0.5, 0.6) is 0 Å². The van der Waals surface area contributed by atoms with E-state index in [0.717, 1.165) is 5.92 Å². The average Bonchev–Trinajstić information content (AvgIpc) is 2.53. The maximum atomic E-state index is 3.44. The van der Waals surface area contributed by atoms with E-state index in [4.69, 9.17) is 0 Å². The normalized spacial score (nSPS) is 21.9. The molecular formula is C16H37N3. The summed E-state index contributed by atoms with van der Waals surface area (Å²) >= 11 is 0. The van der Waals surface area contributed by atoms with Crippen molar-refractivity contribution in [1.82, 2.24) is 15.1 Å². The van der Waals surface area contributed by atoms with E-state index in [0.29, 0.717) is 0 Å². The van der Waals surface area contributed by atoms with E-state index in [1.54, 1.807) is 0 Å². The van der Waals surface area contributed by atoms with Crippen molar-refractivity contribution in [3.63, 3.8) is 0 Å². The van der Waals surface area contributed by atoms with Gasteiger partial charge in [0.2, 0.25) is 0 Å². The molecule has 0 amide bonds. The van der Waals surface area contributed by atoms with Gasteiger partial charge in [-0.15, -0.1) is 0 Å². The van der Waals surface area contributed by atoms with Crippen LogP contribution in [0.1, 0.15) is 47.5 Å². The fourth-order valence-corrected chi connectivity index (χ4v) is 2.72. The van der Waals surface area contributed by atoms with Crippen LogP contribution in [0.3, 0.4) is 0 Å². The summed E-state index contributed by atoms with van der Waals surface area (Å²) in [7, 11) is 0. The van der Waals surface area contributed by atoms with Crippen molar-refractivity contribution < 1.29 is 0 Å². The Morgan fingerprint density at radius 3 is 1.79 bits per heavy atom. The number of hydrogen-bond acceptors (Lipinski definition) is 3. The Hall–Kier alpha value is -0.120. The number of piperidine rings is 1. The van der Waals surface area contributed by atoms with Gasteiger partial charge in [-0.3, -0.25) is 0 Å². The summed E-state index contributed by atoms with van der Waals surface area (Å²) in [6.45, 7) is 20.4. The third-order valence-corrected chi connectivity index (χ3v) is 3.89. The molecule has 19 heavy (non-hydrogen) atoms. The second-order valence-electron chi connectivity index (χ2n) is 4.93.